The van der Waals surface area contributed by atoms with E-state index in [0.717, 1.165) is 0 Å². The number of benzene rings is 1. The molecule has 0 aliphatic rings. The van der Waals surface area contributed by atoms with E-state index in [1.54, 1.807) is 19.1 Å². The molecule has 0 saturated carbocycles. The van der Waals surface area contributed by atoms with Crippen LogP contribution in [-0.4, -0.2) is 24.3 Å². The van der Waals surface area contributed by atoms with Crippen LogP contribution in [0, 0.1) is 5.92 Å². The van der Waals surface area contributed by atoms with Gasteiger partial charge in [0.1, 0.15) is 0 Å². The number of nitrogen functional groups attached to an aromatic ring is 1. The van der Waals surface area contributed by atoms with Crippen molar-refractivity contribution in [2.45, 2.75) is 6.92 Å². The Kier molecular flexibility index (Phi) is 4.58. The van der Waals surface area contributed by atoms with Crippen LogP contribution in [-0.2, 0) is 4.74 Å². The summed E-state index contributed by atoms with van der Waals surface area (Å²) in [7, 11) is 0. The van der Waals surface area contributed by atoms with Crippen molar-refractivity contribution in [2.75, 3.05) is 18.9 Å². The monoisotopic (exact) mass is 243 g/mol. The molecule has 1 atom stereocenters. The molecule has 0 radical (unpaired) electrons. The lowest BCUT2D eigenvalue weighted by Gasteiger charge is -2.10. The summed E-state index contributed by atoms with van der Waals surface area (Å²) in [6, 6.07) is 4.62. The van der Waals surface area contributed by atoms with E-state index in [-0.39, 0.29) is 24.7 Å². The van der Waals surface area contributed by atoms with Crippen molar-refractivity contribution in [1.29, 1.82) is 0 Å². The summed E-state index contributed by atoms with van der Waals surface area (Å²) in [4.78, 5) is 11.6. The van der Waals surface area contributed by atoms with Gasteiger partial charge in [0, 0.05) is 18.2 Å². The number of hydrogen-bond acceptors (Lipinski definition) is 4. The molecular formula is C11H14ClNO3. The maximum Gasteiger partial charge on any atom is 0.339 e. The highest BCUT2D eigenvalue weighted by Gasteiger charge is 2.13. The Labute approximate surface area is 99.0 Å². The SMILES string of the molecule is CC(CO)COC(=O)c1cc(N)ccc1Cl. The summed E-state index contributed by atoms with van der Waals surface area (Å²) in [5.41, 5.74) is 6.23. The largest absolute Gasteiger partial charge is 0.462 e. The van der Waals surface area contributed by atoms with Crippen LogP contribution in [0.5, 0.6) is 0 Å². The molecule has 0 fully saturated rings. The number of aliphatic hydroxyl groups is 1. The number of esters is 1. The van der Waals surface area contributed by atoms with E-state index >= 15 is 0 Å². The molecule has 0 amide bonds. The summed E-state index contributed by atoms with van der Waals surface area (Å²) < 4.78 is 4.98. The molecule has 0 heterocycles. The standard InChI is InChI=1S/C11H14ClNO3/c1-7(5-14)6-16-11(15)9-4-8(13)2-3-10(9)12/h2-4,7,14H,5-6,13H2,1H3. The van der Waals surface area contributed by atoms with Crippen molar-refractivity contribution in [3.63, 3.8) is 0 Å². The molecule has 0 aromatic heterocycles. The maximum absolute atomic E-state index is 11.6. The van der Waals surface area contributed by atoms with Crippen LogP contribution in [0.15, 0.2) is 18.2 Å². The number of hydrogen-bond donors (Lipinski definition) is 2. The number of aliphatic hydroxyl groups excluding tert-OH is 1. The third-order valence-electron chi connectivity index (χ3n) is 2.02. The first kappa shape index (κ1) is 12.8. The van der Waals surface area contributed by atoms with E-state index in [2.05, 4.69) is 0 Å². The minimum Gasteiger partial charge on any atom is -0.462 e. The van der Waals surface area contributed by atoms with Gasteiger partial charge in [-0.2, -0.15) is 0 Å². The highest BCUT2D eigenvalue weighted by atomic mass is 35.5. The molecule has 0 bridgehead atoms. The van der Waals surface area contributed by atoms with E-state index in [1.165, 1.54) is 6.07 Å². The number of halogens is 1. The van der Waals surface area contributed by atoms with E-state index in [0.29, 0.717) is 10.7 Å². The Bertz CT molecular complexity index is 381. The lowest BCUT2D eigenvalue weighted by molar-refractivity contribution is 0.0405. The molecule has 16 heavy (non-hydrogen) atoms. The zero-order valence-corrected chi connectivity index (χ0v) is 9.70. The number of anilines is 1. The second-order valence-corrected chi connectivity index (χ2v) is 4.03. The van der Waals surface area contributed by atoms with E-state index < -0.39 is 5.97 Å². The van der Waals surface area contributed by atoms with Crippen molar-refractivity contribution < 1.29 is 14.6 Å². The van der Waals surface area contributed by atoms with Crippen LogP contribution in [0.25, 0.3) is 0 Å². The summed E-state index contributed by atoms with van der Waals surface area (Å²) in [6.45, 7) is 1.90. The first-order chi connectivity index (χ1) is 7.54. The fourth-order valence-corrected chi connectivity index (χ4v) is 1.24. The summed E-state index contributed by atoms with van der Waals surface area (Å²) in [6.07, 6.45) is 0. The van der Waals surface area contributed by atoms with Gasteiger partial charge in [-0.25, -0.2) is 4.79 Å². The van der Waals surface area contributed by atoms with Gasteiger partial charge in [0.15, 0.2) is 0 Å². The Morgan fingerprint density at radius 1 is 1.62 bits per heavy atom. The lowest BCUT2D eigenvalue weighted by atomic mass is 10.2. The third kappa shape index (κ3) is 3.40. The first-order valence-corrected chi connectivity index (χ1v) is 5.25. The minimum absolute atomic E-state index is 0.0298. The first-order valence-electron chi connectivity index (χ1n) is 4.87. The summed E-state index contributed by atoms with van der Waals surface area (Å²) >= 11 is 5.83. The van der Waals surface area contributed by atoms with Crippen molar-refractivity contribution in [3.8, 4) is 0 Å². The highest BCUT2D eigenvalue weighted by molar-refractivity contribution is 6.33. The molecule has 1 aromatic carbocycles. The predicted molar refractivity (Wildman–Crippen MR) is 62.4 cm³/mol. The molecule has 1 rings (SSSR count). The second-order valence-electron chi connectivity index (χ2n) is 3.63. The Balaban J connectivity index is 2.69. The Morgan fingerprint density at radius 3 is 2.94 bits per heavy atom. The number of nitrogens with two attached hydrogens (primary N) is 1. The smallest absolute Gasteiger partial charge is 0.339 e. The van der Waals surface area contributed by atoms with Crippen molar-refractivity contribution in [3.05, 3.63) is 28.8 Å². The highest BCUT2D eigenvalue weighted by Crippen LogP contribution is 2.19. The van der Waals surface area contributed by atoms with E-state index in [9.17, 15) is 4.79 Å². The summed E-state index contributed by atoms with van der Waals surface area (Å²) in [5, 5.41) is 9.08. The van der Waals surface area contributed by atoms with Crippen LogP contribution in [0.2, 0.25) is 5.02 Å². The number of rotatable bonds is 4. The number of carbonyl (C=O) groups is 1. The molecule has 3 N–H and O–H groups in total. The Hall–Kier alpha value is -1.26. The Morgan fingerprint density at radius 2 is 2.31 bits per heavy atom. The average Bonchev–Trinajstić information content (AvgIpc) is 2.28. The van der Waals surface area contributed by atoms with Crippen LogP contribution < -0.4 is 5.73 Å². The third-order valence-corrected chi connectivity index (χ3v) is 2.35. The second kappa shape index (κ2) is 5.72. The van der Waals surface area contributed by atoms with Crippen LogP contribution in [0.1, 0.15) is 17.3 Å². The lowest BCUT2D eigenvalue weighted by Crippen LogP contribution is -2.15. The van der Waals surface area contributed by atoms with Gasteiger partial charge in [0.05, 0.1) is 17.2 Å². The molecule has 1 unspecified atom stereocenters. The van der Waals surface area contributed by atoms with Crippen molar-refractivity contribution in [1.82, 2.24) is 0 Å². The van der Waals surface area contributed by atoms with Gasteiger partial charge in [-0.3, -0.25) is 0 Å². The van der Waals surface area contributed by atoms with Crippen LogP contribution >= 0.6 is 11.6 Å². The fourth-order valence-electron chi connectivity index (χ4n) is 1.05. The predicted octanol–water partition coefficient (Wildman–Crippen LogP) is 1.71. The van der Waals surface area contributed by atoms with Crippen molar-refractivity contribution in [2.24, 2.45) is 5.92 Å². The molecular weight excluding hydrogens is 230 g/mol. The van der Waals surface area contributed by atoms with Gasteiger partial charge in [-0.15, -0.1) is 0 Å². The fraction of sp³-hybridized carbons (Fsp3) is 0.364. The van der Waals surface area contributed by atoms with Gasteiger partial charge in [-0.05, 0) is 18.2 Å². The zero-order valence-electron chi connectivity index (χ0n) is 8.94. The van der Waals surface area contributed by atoms with Crippen LogP contribution in [0.3, 0.4) is 0 Å². The average molecular weight is 244 g/mol. The number of ether oxygens (including phenoxy) is 1. The quantitative estimate of drug-likeness (QED) is 0.624. The van der Waals surface area contributed by atoms with Gasteiger partial charge in [0.25, 0.3) is 0 Å². The molecule has 88 valence electrons. The summed E-state index contributed by atoms with van der Waals surface area (Å²) in [5.74, 6) is -0.624. The molecule has 0 aliphatic heterocycles. The topological polar surface area (TPSA) is 72.5 Å². The van der Waals surface area contributed by atoms with Crippen molar-refractivity contribution >= 4 is 23.3 Å². The van der Waals surface area contributed by atoms with E-state index in [4.69, 9.17) is 27.2 Å². The number of carbonyl (C=O) groups excluding carboxylic acids is 1. The maximum atomic E-state index is 11.6. The molecule has 4 nitrogen and oxygen atoms in total. The van der Waals surface area contributed by atoms with Gasteiger partial charge in [0.2, 0.25) is 0 Å². The van der Waals surface area contributed by atoms with Gasteiger partial charge < -0.3 is 15.6 Å². The molecule has 0 spiro atoms. The zero-order chi connectivity index (χ0) is 12.1. The molecule has 0 saturated heterocycles. The molecule has 1 aromatic rings. The minimum atomic E-state index is -0.530. The van der Waals surface area contributed by atoms with Crippen LogP contribution in [0.4, 0.5) is 5.69 Å². The normalized spacial score (nSPS) is 12.2. The van der Waals surface area contributed by atoms with Gasteiger partial charge in [-0.1, -0.05) is 18.5 Å². The molecule has 5 heteroatoms. The molecule has 0 aliphatic carbocycles. The van der Waals surface area contributed by atoms with Gasteiger partial charge >= 0.3 is 5.97 Å². The van der Waals surface area contributed by atoms with E-state index in [1.807, 2.05) is 0 Å².